The van der Waals surface area contributed by atoms with Gasteiger partial charge >= 0.3 is 5.97 Å². The fraction of sp³-hybridized carbons (Fsp3) is 0.400. The number of ether oxygens (including phenoxy) is 1. The molecule has 0 bridgehead atoms. The molecule has 20 heavy (non-hydrogen) atoms. The summed E-state index contributed by atoms with van der Waals surface area (Å²) in [5.74, 6) is 0.252. The highest BCUT2D eigenvalue weighted by atomic mass is 16.5. The topological polar surface area (TPSA) is 60.7 Å². The van der Waals surface area contributed by atoms with Crippen molar-refractivity contribution in [3.05, 3.63) is 46.0 Å². The van der Waals surface area contributed by atoms with Crippen LogP contribution in [0.4, 0.5) is 0 Å². The molecule has 0 saturated heterocycles. The minimum atomic E-state index is -0.190. The van der Waals surface area contributed by atoms with E-state index in [2.05, 4.69) is 4.98 Å². The Labute approximate surface area is 116 Å². The van der Waals surface area contributed by atoms with Gasteiger partial charge in [-0.05, 0) is 30.9 Å². The second kappa shape index (κ2) is 4.74. The van der Waals surface area contributed by atoms with Crippen LogP contribution >= 0.6 is 0 Å². The largest absolute Gasteiger partial charge is 0.459 e. The van der Waals surface area contributed by atoms with Gasteiger partial charge in [0.1, 0.15) is 12.3 Å². The molecule has 0 aliphatic heterocycles. The van der Waals surface area contributed by atoms with Gasteiger partial charge in [0.2, 0.25) is 0 Å². The molecule has 2 atom stereocenters. The predicted molar refractivity (Wildman–Crippen MR) is 73.3 cm³/mol. The Balaban J connectivity index is 1.83. The molecule has 0 aromatic carbocycles. The molecule has 104 valence electrons. The molecule has 2 aromatic heterocycles. The molecule has 0 amide bonds. The number of nitrogens with zero attached hydrogens (tertiary/aromatic N) is 2. The number of hydrogen-bond donors (Lipinski definition) is 0. The van der Waals surface area contributed by atoms with E-state index in [4.69, 9.17) is 4.74 Å². The average molecular weight is 272 g/mol. The van der Waals surface area contributed by atoms with E-state index in [1.807, 2.05) is 19.9 Å². The molecule has 0 unspecified atom stereocenters. The van der Waals surface area contributed by atoms with Crippen LogP contribution in [-0.2, 0) is 16.1 Å². The molecule has 0 spiro atoms. The van der Waals surface area contributed by atoms with Crippen molar-refractivity contribution in [1.29, 1.82) is 0 Å². The van der Waals surface area contributed by atoms with Crippen molar-refractivity contribution in [3.63, 3.8) is 0 Å². The summed E-state index contributed by atoms with van der Waals surface area (Å²) in [5.41, 5.74) is 1.84. The summed E-state index contributed by atoms with van der Waals surface area (Å²) in [7, 11) is 0. The van der Waals surface area contributed by atoms with Gasteiger partial charge in [-0.3, -0.25) is 14.0 Å². The smallest absolute Gasteiger partial charge is 0.309 e. The number of fused-ring (bicyclic) bond motifs is 1. The Morgan fingerprint density at radius 2 is 2.30 bits per heavy atom. The number of aryl methyl sites for hydroxylation is 1. The van der Waals surface area contributed by atoms with Gasteiger partial charge in [-0.1, -0.05) is 13.0 Å². The first-order valence-corrected chi connectivity index (χ1v) is 6.71. The van der Waals surface area contributed by atoms with Gasteiger partial charge in [0.05, 0.1) is 11.6 Å². The van der Waals surface area contributed by atoms with Crippen molar-refractivity contribution >= 4 is 11.6 Å². The van der Waals surface area contributed by atoms with E-state index in [0.717, 1.165) is 12.0 Å². The predicted octanol–water partition coefficient (Wildman–Crippen LogP) is 1.70. The van der Waals surface area contributed by atoms with Crippen molar-refractivity contribution in [2.24, 2.45) is 11.8 Å². The molecule has 5 nitrogen and oxygen atoms in total. The third-order valence-electron chi connectivity index (χ3n) is 3.71. The quantitative estimate of drug-likeness (QED) is 0.798. The minimum Gasteiger partial charge on any atom is -0.459 e. The Morgan fingerprint density at radius 1 is 1.55 bits per heavy atom. The Morgan fingerprint density at radius 3 is 3.00 bits per heavy atom. The van der Waals surface area contributed by atoms with E-state index in [1.54, 1.807) is 12.3 Å². The summed E-state index contributed by atoms with van der Waals surface area (Å²) in [4.78, 5) is 28.0. The standard InChI is InChI=1S/C15H16N2O3/c1-9-4-3-5-17-13(18)7-11(16-14(9)17)8-20-15(19)12-6-10(12)2/h3-5,7,10,12H,6,8H2,1-2H3/t10-,12-/m1/s1. The molecule has 5 heteroatoms. The lowest BCUT2D eigenvalue weighted by molar-refractivity contribution is -0.147. The lowest BCUT2D eigenvalue weighted by Crippen LogP contribution is -2.17. The first-order chi connectivity index (χ1) is 9.56. The summed E-state index contributed by atoms with van der Waals surface area (Å²) in [6, 6.07) is 5.11. The molecular formula is C15H16N2O3. The fourth-order valence-corrected chi connectivity index (χ4v) is 2.29. The van der Waals surface area contributed by atoms with Crippen LogP contribution in [-0.4, -0.2) is 15.4 Å². The van der Waals surface area contributed by atoms with Gasteiger partial charge in [-0.25, -0.2) is 4.98 Å². The fourth-order valence-electron chi connectivity index (χ4n) is 2.29. The van der Waals surface area contributed by atoms with Crippen molar-refractivity contribution < 1.29 is 9.53 Å². The molecule has 2 aromatic rings. The van der Waals surface area contributed by atoms with Crippen molar-refractivity contribution in [3.8, 4) is 0 Å². The summed E-state index contributed by atoms with van der Waals surface area (Å²) in [5, 5.41) is 0. The second-order valence-corrected chi connectivity index (χ2v) is 5.40. The zero-order valence-electron chi connectivity index (χ0n) is 11.5. The Hall–Kier alpha value is -2.17. The van der Waals surface area contributed by atoms with Crippen LogP contribution in [0.15, 0.2) is 29.2 Å². The molecule has 3 rings (SSSR count). The third kappa shape index (κ3) is 2.31. The zero-order valence-corrected chi connectivity index (χ0v) is 11.5. The van der Waals surface area contributed by atoms with Crippen LogP contribution in [0.2, 0.25) is 0 Å². The van der Waals surface area contributed by atoms with E-state index < -0.39 is 0 Å². The number of rotatable bonds is 3. The number of pyridine rings is 1. The molecule has 0 radical (unpaired) electrons. The minimum absolute atomic E-state index is 0.0262. The van der Waals surface area contributed by atoms with Crippen LogP contribution in [0.1, 0.15) is 24.6 Å². The van der Waals surface area contributed by atoms with Gasteiger partial charge in [0.25, 0.3) is 5.56 Å². The Bertz CT molecular complexity index is 735. The summed E-state index contributed by atoms with van der Waals surface area (Å²) >= 11 is 0. The molecule has 1 saturated carbocycles. The van der Waals surface area contributed by atoms with E-state index in [9.17, 15) is 9.59 Å². The van der Waals surface area contributed by atoms with Gasteiger partial charge in [0.15, 0.2) is 0 Å². The molecule has 1 aliphatic carbocycles. The van der Waals surface area contributed by atoms with Crippen LogP contribution in [0.25, 0.3) is 5.65 Å². The second-order valence-electron chi connectivity index (χ2n) is 5.40. The maximum Gasteiger partial charge on any atom is 0.309 e. The maximum atomic E-state index is 12.0. The van der Waals surface area contributed by atoms with Gasteiger partial charge in [-0.15, -0.1) is 0 Å². The van der Waals surface area contributed by atoms with Gasteiger partial charge in [0, 0.05) is 12.3 Å². The molecule has 1 aliphatic rings. The van der Waals surface area contributed by atoms with Crippen LogP contribution in [0, 0.1) is 18.8 Å². The van der Waals surface area contributed by atoms with Crippen molar-refractivity contribution in [1.82, 2.24) is 9.38 Å². The highest BCUT2D eigenvalue weighted by Crippen LogP contribution is 2.38. The molecule has 2 heterocycles. The first-order valence-electron chi connectivity index (χ1n) is 6.71. The van der Waals surface area contributed by atoms with E-state index in [0.29, 0.717) is 17.3 Å². The molecular weight excluding hydrogens is 256 g/mol. The third-order valence-corrected chi connectivity index (χ3v) is 3.71. The van der Waals surface area contributed by atoms with Gasteiger partial charge < -0.3 is 4.74 Å². The van der Waals surface area contributed by atoms with Crippen molar-refractivity contribution in [2.45, 2.75) is 26.9 Å². The summed E-state index contributed by atoms with van der Waals surface area (Å²) in [6.45, 7) is 3.97. The number of carbonyl (C=O) groups is 1. The van der Waals surface area contributed by atoms with Gasteiger partial charge in [-0.2, -0.15) is 0 Å². The van der Waals surface area contributed by atoms with Crippen LogP contribution < -0.4 is 5.56 Å². The molecule has 0 N–H and O–H groups in total. The normalized spacial score (nSPS) is 20.9. The number of carbonyl (C=O) groups excluding carboxylic acids is 1. The van der Waals surface area contributed by atoms with Crippen molar-refractivity contribution in [2.75, 3.05) is 0 Å². The summed E-state index contributed by atoms with van der Waals surface area (Å²) < 4.78 is 6.71. The molecule has 1 fully saturated rings. The lowest BCUT2D eigenvalue weighted by Gasteiger charge is -2.07. The van der Waals surface area contributed by atoms with Crippen LogP contribution in [0.5, 0.6) is 0 Å². The Kier molecular flexibility index (Phi) is 3.04. The van der Waals surface area contributed by atoms with E-state index in [-0.39, 0.29) is 24.1 Å². The highest BCUT2D eigenvalue weighted by molar-refractivity contribution is 5.75. The monoisotopic (exact) mass is 272 g/mol. The number of esters is 1. The average Bonchev–Trinajstić information content (AvgIpc) is 3.14. The van der Waals surface area contributed by atoms with Crippen LogP contribution in [0.3, 0.4) is 0 Å². The maximum absolute atomic E-state index is 12.0. The lowest BCUT2D eigenvalue weighted by atomic mass is 10.3. The van der Waals surface area contributed by atoms with E-state index in [1.165, 1.54) is 10.5 Å². The zero-order chi connectivity index (χ0) is 14.3. The van der Waals surface area contributed by atoms with E-state index >= 15 is 0 Å². The summed E-state index contributed by atoms with van der Waals surface area (Å²) in [6.07, 6.45) is 2.57. The number of aromatic nitrogens is 2. The number of hydrogen-bond acceptors (Lipinski definition) is 4. The highest BCUT2D eigenvalue weighted by Gasteiger charge is 2.40. The first kappa shape index (κ1) is 12.8. The SMILES string of the molecule is Cc1cccn2c(=O)cc(COC(=O)[C@@H]3C[C@H]3C)nc12.